The normalized spacial score (nSPS) is 11.8. The largest absolute Gasteiger partial charge is 0.493 e. The summed E-state index contributed by atoms with van der Waals surface area (Å²) in [7, 11) is 2.86. The highest BCUT2D eigenvalue weighted by atomic mass is 16.6. The summed E-state index contributed by atoms with van der Waals surface area (Å²) in [4.78, 5) is 14.8. The molecule has 1 heterocycles. The Morgan fingerprint density at radius 2 is 1.85 bits per heavy atom. The zero-order chi connectivity index (χ0) is 19.4. The van der Waals surface area contributed by atoms with E-state index in [1.165, 1.54) is 32.7 Å². The van der Waals surface area contributed by atoms with Crippen LogP contribution < -0.4 is 9.47 Å². The van der Waals surface area contributed by atoms with Crippen LogP contribution in [-0.2, 0) is 6.42 Å². The number of aromatic nitrogens is 3. The quantitative estimate of drug-likeness (QED) is 0.502. The molecule has 3 aromatic rings. The van der Waals surface area contributed by atoms with E-state index in [0.717, 1.165) is 5.69 Å². The Balaban J connectivity index is 1.86. The summed E-state index contributed by atoms with van der Waals surface area (Å²) in [5, 5.41) is 26.0. The summed E-state index contributed by atoms with van der Waals surface area (Å²) in [6, 6.07) is 9.88. The predicted molar refractivity (Wildman–Crippen MR) is 96.2 cm³/mol. The molecule has 1 N–H and O–H groups in total. The SMILES string of the molecule is COc1cc(CC(O)c2ccc(-n3cncn3)cc2)c([N+](=O)[O-])cc1OC. The van der Waals surface area contributed by atoms with Gasteiger partial charge in [-0.2, -0.15) is 5.10 Å². The first-order valence-corrected chi connectivity index (χ1v) is 8.05. The van der Waals surface area contributed by atoms with Crippen LogP contribution in [0.4, 0.5) is 5.69 Å². The summed E-state index contributed by atoms with van der Waals surface area (Å²) < 4.78 is 11.9. The average Bonchev–Trinajstić information content (AvgIpc) is 3.22. The van der Waals surface area contributed by atoms with E-state index in [4.69, 9.17) is 9.47 Å². The maximum Gasteiger partial charge on any atom is 0.276 e. The van der Waals surface area contributed by atoms with Gasteiger partial charge in [-0.25, -0.2) is 9.67 Å². The maximum absolute atomic E-state index is 11.4. The number of aliphatic hydroxyl groups excluding tert-OH is 1. The molecule has 0 fully saturated rings. The Kier molecular flexibility index (Phi) is 5.32. The molecule has 1 unspecified atom stereocenters. The maximum atomic E-state index is 11.4. The number of benzene rings is 2. The molecule has 0 spiro atoms. The Labute approximate surface area is 155 Å². The van der Waals surface area contributed by atoms with Crippen molar-refractivity contribution in [2.45, 2.75) is 12.5 Å². The third kappa shape index (κ3) is 3.87. The van der Waals surface area contributed by atoms with Crippen LogP contribution in [0.2, 0.25) is 0 Å². The first-order chi connectivity index (χ1) is 13.0. The van der Waals surface area contributed by atoms with Crippen LogP contribution in [0.15, 0.2) is 49.1 Å². The third-order valence-corrected chi connectivity index (χ3v) is 4.16. The van der Waals surface area contributed by atoms with E-state index in [0.29, 0.717) is 16.9 Å². The van der Waals surface area contributed by atoms with Crippen molar-refractivity contribution in [3.05, 3.63) is 70.3 Å². The molecule has 0 bridgehead atoms. The Bertz CT molecular complexity index is 926. The number of hydrogen-bond acceptors (Lipinski definition) is 7. The number of rotatable bonds is 7. The van der Waals surface area contributed by atoms with Crippen molar-refractivity contribution in [1.29, 1.82) is 0 Å². The highest BCUT2D eigenvalue weighted by molar-refractivity contribution is 5.54. The monoisotopic (exact) mass is 370 g/mol. The van der Waals surface area contributed by atoms with Gasteiger partial charge in [0.05, 0.1) is 37.0 Å². The fourth-order valence-corrected chi connectivity index (χ4v) is 2.76. The fraction of sp³-hybridized carbons (Fsp3) is 0.222. The molecule has 3 rings (SSSR count). The molecule has 0 aliphatic rings. The van der Waals surface area contributed by atoms with Crippen molar-refractivity contribution < 1.29 is 19.5 Å². The molecule has 0 saturated carbocycles. The molecule has 0 saturated heterocycles. The Morgan fingerprint density at radius 3 is 2.41 bits per heavy atom. The molecular formula is C18H18N4O5. The lowest BCUT2D eigenvalue weighted by molar-refractivity contribution is -0.385. The van der Waals surface area contributed by atoms with Crippen molar-refractivity contribution in [2.75, 3.05) is 14.2 Å². The first kappa shape index (κ1) is 18.3. The zero-order valence-corrected chi connectivity index (χ0v) is 14.8. The molecule has 0 radical (unpaired) electrons. The van der Waals surface area contributed by atoms with Gasteiger partial charge in [0.15, 0.2) is 11.5 Å². The van der Waals surface area contributed by atoms with Gasteiger partial charge >= 0.3 is 0 Å². The second-order valence-electron chi connectivity index (χ2n) is 5.74. The Hall–Kier alpha value is -3.46. The van der Waals surface area contributed by atoms with Crippen molar-refractivity contribution in [2.24, 2.45) is 0 Å². The smallest absolute Gasteiger partial charge is 0.276 e. The van der Waals surface area contributed by atoms with Gasteiger partial charge in [-0.15, -0.1) is 0 Å². The highest BCUT2D eigenvalue weighted by Crippen LogP contribution is 2.36. The minimum atomic E-state index is -0.924. The second-order valence-corrected chi connectivity index (χ2v) is 5.74. The number of ether oxygens (including phenoxy) is 2. The van der Waals surface area contributed by atoms with Gasteiger partial charge in [0, 0.05) is 12.0 Å². The number of nitro benzene ring substituents is 1. The van der Waals surface area contributed by atoms with Crippen molar-refractivity contribution in [3.63, 3.8) is 0 Å². The topological polar surface area (TPSA) is 113 Å². The van der Waals surface area contributed by atoms with Gasteiger partial charge in [-0.05, 0) is 23.8 Å². The zero-order valence-electron chi connectivity index (χ0n) is 14.8. The molecule has 1 aromatic heterocycles. The summed E-state index contributed by atoms with van der Waals surface area (Å²) in [6.07, 6.45) is 2.13. The predicted octanol–water partition coefficient (Wildman–Crippen LogP) is 2.47. The lowest BCUT2D eigenvalue weighted by Gasteiger charge is -2.14. The van der Waals surface area contributed by atoms with E-state index < -0.39 is 11.0 Å². The molecule has 140 valence electrons. The van der Waals surface area contributed by atoms with Gasteiger partial charge in [-0.1, -0.05) is 12.1 Å². The van der Waals surface area contributed by atoms with Gasteiger partial charge in [0.2, 0.25) is 0 Å². The molecule has 0 aliphatic heterocycles. The fourth-order valence-electron chi connectivity index (χ4n) is 2.76. The van der Waals surface area contributed by atoms with Gasteiger partial charge in [-0.3, -0.25) is 10.1 Å². The van der Waals surface area contributed by atoms with Crippen LogP contribution in [0.3, 0.4) is 0 Å². The highest BCUT2D eigenvalue weighted by Gasteiger charge is 2.22. The number of nitrogens with zero attached hydrogens (tertiary/aromatic N) is 4. The number of hydrogen-bond donors (Lipinski definition) is 1. The molecule has 1 atom stereocenters. The standard InChI is InChI=1S/C18H18N4O5/c1-26-17-8-13(15(22(24)25)9-18(17)27-2)7-16(23)12-3-5-14(6-4-12)21-11-19-10-20-21/h3-6,8-11,16,23H,7H2,1-2H3. The van der Waals surface area contributed by atoms with E-state index >= 15 is 0 Å². The summed E-state index contributed by atoms with van der Waals surface area (Å²) in [5.74, 6) is 0.631. The molecule has 0 aliphatic carbocycles. The molecule has 2 aromatic carbocycles. The number of aliphatic hydroxyl groups is 1. The summed E-state index contributed by atoms with van der Waals surface area (Å²) >= 11 is 0. The van der Waals surface area contributed by atoms with Crippen LogP contribution in [0.1, 0.15) is 17.2 Å². The molecular weight excluding hydrogens is 352 g/mol. The minimum absolute atomic E-state index is 0.0549. The molecule has 9 nitrogen and oxygen atoms in total. The van der Waals surface area contributed by atoms with Crippen LogP contribution in [0.25, 0.3) is 5.69 Å². The summed E-state index contributed by atoms with van der Waals surface area (Å²) in [6.45, 7) is 0. The van der Waals surface area contributed by atoms with Crippen LogP contribution >= 0.6 is 0 Å². The van der Waals surface area contributed by atoms with E-state index in [1.807, 2.05) is 0 Å². The lowest BCUT2D eigenvalue weighted by Crippen LogP contribution is -2.06. The number of methoxy groups -OCH3 is 2. The van der Waals surface area contributed by atoms with Crippen molar-refractivity contribution in [1.82, 2.24) is 14.8 Å². The van der Waals surface area contributed by atoms with E-state index in [-0.39, 0.29) is 17.9 Å². The average molecular weight is 370 g/mol. The van der Waals surface area contributed by atoms with Crippen LogP contribution in [0, 0.1) is 10.1 Å². The van der Waals surface area contributed by atoms with Crippen molar-refractivity contribution in [3.8, 4) is 17.2 Å². The molecule has 9 heteroatoms. The molecule has 0 amide bonds. The van der Waals surface area contributed by atoms with Crippen molar-refractivity contribution >= 4 is 5.69 Å². The van der Waals surface area contributed by atoms with Gasteiger partial charge in [0.25, 0.3) is 5.69 Å². The van der Waals surface area contributed by atoms with E-state index in [2.05, 4.69) is 10.1 Å². The van der Waals surface area contributed by atoms with E-state index in [1.54, 1.807) is 35.3 Å². The number of nitro groups is 1. The minimum Gasteiger partial charge on any atom is -0.493 e. The van der Waals surface area contributed by atoms with Gasteiger partial charge in [0.1, 0.15) is 12.7 Å². The second kappa shape index (κ2) is 7.83. The van der Waals surface area contributed by atoms with Crippen LogP contribution in [0.5, 0.6) is 11.5 Å². The lowest BCUT2D eigenvalue weighted by atomic mass is 9.99. The van der Waals surface area contributed by atoms with Crippen LogP contribution in [-0.4, -0.2) is 39.0 Å². The summed E-state index contributed by atoms with van der Waals surface area (Å²) in [5.41, 5.74) is 1.64. The first-order valence-electron chi connectivity index (χ1n) is 8.05. The molecule has 27 heavy (non-hydrogen) atoms. The van der Waals surface area contributed by atoms with Gasteiger partial charge < -0.3 is 14.6 Å². The van der Waals surface area contributed by atoms with E-state index in [9.17, 15) is 15.2 Å². The Morgan fingerprint density at radius 1 is 1.19 bits per heavy atom. The third-order valence-electron chi connectivity index (χ3n) is 4.16.